The Morgan fingerprint density at radius 2 is 1.00 bits per heavy atom. The summed E-state index contributed by atoms with van der Waals surface area (Å²) in [5, 5.41) is -0.455. The highest BCUT2D eigenvalue weighted by Crippen LogP contribution is 2.67. The van der Waals surface area contributed by atoms with Crippen LogP contribution in [-0.4, -0.2) is 104 Å². The number of rotatable bonds is 15. The van der Waals surface area contributed by atoms with Crippen molar-refractivity contribution in [3.8, 4) is 0 Å². The summed E-state index contributed by atoms with van der Waals surface area (Å²) in [6, 6.07) is 0. The zero-order valence-corrected chi connectivity index (χ0v) is 55.7. The molecule has 0 radical (unpaired) electrons. The van der Waals surface area contributed by atoms with Crippen molar-refractivity contribution in [3.63, 3.8) is 0 Å². The molecule has 494 valence electrons. The average Bonchev–Trinajstić information content (AvgIpc) is 1.64. The fourth-order valence-corrected chi connectivity index (χ4v) is 21.6. The van der Waals surface area contributed by atoms with Gasteiger partial charge in [0.2, 0.25) is 6.10 Å². The molecule has 2 saturated heterocycles. The predicted octanol–water partition coefficient (Wildman–Crippen LogP) is 12.5. The first-order valence-corrected chi connectivity index (χ1v) is 34.7. The SMILES string of the molecule is C=C(C)C(=O)OC(C)(C)C12CC3CC(CC(C3)C1)C2.C=C(C)C(=O)OC(C)(CC)C12CC3CC(CC(C3)C1)C2.C=C(C)C(=O)OC1(C)C2CC3CC(C2)CC1C3.C=C(C)C(=O)OC1CCOC1=O.C=C(C)C(=O)OCC(=O)OC1C2CC3C1OS(=O)(=O)C3C2. The van der Waals surface area contributed by atoms with Crippen molar-refractivity contribution in [2.75, 3.05) is 13.2 Å². The van der Waals surface area contributed by atoms with Gasteiger partial charge in [-0.15, -0.1) is 0 Å². The number of carbonyl (C=O) groups is 7. The third-order valence-corrected chi connectivity index (χ3v) is 25.5. The molecular weight excluding hydrogens is 1160 g/mol. The van der Waals surface area contributed by atoms with E-state index in [9.17, 15) is 42.0 Å². The summed E-state index contributed by atoms with van der Waals surface area (Å²) in [6.07, 6.45) is 23.3. The highest BCUT2D eigenvalue weighted by Gasteiger charge is 2.66. The van der Waals surface area contributed by atoms with E-state index in [0.29, 0.717) is 54.4 Å². The van der Waals surface area contributed by atoms with Crippen molar-refractivity contribution in [2.45, 2.75) is 244 Å². The Kier molecular flexibility index (Phi) is 20.0. The van der Waals surface area contributed by atoms with Gasteiger partial charge in [-0.2, -0.15) is 8.42 Å². The molecule has 17 nitrogen and oxygen atoms in total. The molecule has 7 atom stereocenters. The first-order valence-electron chi connectivity index (χ1n) is 33.2. The van der Waals surface area contributed by atoms with E-state index < -0.39 is 64.2 Å². The predicted molar refractivity (Wildman–Crippen MR) is 332 cm³/mol. The number of esters is 7. The summed E-state index contributed by atoms with van der Waals surface area (Å²) >= 11 is 0. The quantitative estimate of drug-likeness (QED) is 0.0642. The Morgan fingerprint density at radius 3 is 1.43 bits per heavy atom. The molecule has 16 fully saturated rings. The van der Waals surface area contributed by atoms with Crippen molar-refractivity contribution in [1.82, 2.24) is 0 Å². The Hall–Kier alpha value is -5.10. The second kappa shape index (κ2) is 26.1. The van der Waals surface area contributed by atoms with Gasteiger partial charge in [-0.3, -0.25) is 4.18 Å². The van der Waals surface area contributed by atoms with Gasteiger partial charge in [0.25, 0.3) is 10.1 Å². The van der Waals surface area contributed by atoms with Crippen LogP contribution in [0.5, 0.6) is 0 Å². The Bertz CT molecular complexity index is 2870. The number of ether oxygens (including phenoxy) is 7. The molecule has 0 spiro atoms. The van der Waals surface area contributed by atoms with Crippen LogP contribution < -0.4 is 0 Å². The van der Waals surface area contributed by atoms with E-state index >= 15 is 0 Å². The molecule has 0 N–H and O–H groups in total. The van der Waals surface area contributed by atoms with E-state index in [1.807, 2.05) is 0 Å². The molecule has 2 aliphatic heterocycles. The van der Waals surface area contributed by atoms with Crippen LogP contribution in [0.3, 0.4) is 0 Å². The minimum absolute atomic E-state index is 0.00284. The lowest BCUT2D eigenvalue weighted by Gasteiger charge is -2.62. The third kappa shape index (κ3) is 14.3. The first kappa shape index (κ1) is 68.3. The maximum absolute atomic E-state index is 12.1. The summed E-state index contributed by atoms with van der Waals surface area (Å²) in [5.41, 5.74) is 1.65. The Morgan fingerprint density at radius 1 is 0.562 bits per heavy atom. The zero-order chi connectivity index (χ0) is 65.1. The summed E-state index contributed by atoms with van der Waals surface area (Å²) in [6.45, 7) is 36.8. The lowest BCUT2D eigenvalue weighted by atomic mass is 9.45. The summed E-state index contributed by atoms with van der Waals surface area (Å²) in [7, 11) is -3.53. The molecular formula is C71H102O17S. The fourth-order valence-electron chi connectivity index (χ4n) is 19.7. The van der Waals surface area contributed by atoms with Crippen LogP contribution in [0.15, 0.2) is 60.8 Å². The van der Waals surface area contributed by atoms with E-state index in [0.717, 1.165) is 53.8 Å². The highest BCUT2D eigenvalue weighted by molar-refractivity contribution is 7.87. The molecule has 0 amide bonds. The van der Waals surface area contributed by atoms with Gasteiger partial charge in [-0.25, -0.2) is 33.6 Å². The standard InChI is InChI=1S/C18H28O2.C17H26O2.C15H22O2.C13H16O7S.C8H10O4/c1-5-17(4,20-16(19)12(2)3)18-9-13-6-14(10-18)8-15(7-13)11-18;1-11(2)15(18)19-16(3,4)17-8-12-5-13(9-17)7-14(6-12)10-17;1-9(2)14(16)17-15(3)12-5-10-4-11(7-12)8-13(15)6-10;1-6(2)13(15)18-5-10(14)19-11-7-3-8-9(4-7)21(16,17)20-12(8)11;1-5(2)7(9)12-6-3-4-11-8(6)10/h13-15H,2,5-11H2,1,3-4H3;12-14H,1,5-10H2,2-4H3;10-13H,1,4-8H2,2-3H3;7-9,11-12H,1,3-5H2,2H3;6H,1,3-4H2,2H3. The summed E-state index contributed by atoms with van der Waals surface area (Å²) in [4.78, 5) is 80.5. The summed E-state index contributed by atoms with van der Waals surface area (Å²) in [5.74, 6) is 5.24. The molecule has 16 aliphatic rings. The lowest BCUT2D eigenvalue weighted by Crippen LogP contribution is -2.58. The van der Waals surface area contributed by atoms with E-state index in [4.69, 9.17) is 32.6 Å². The lowest BCUT2D eigenvalue weighted by molar-refractivity contribution is -0.201. The molecule has 7 unspecified atom stereocenters. The van der Waals surface area contributed by atoms with Crippen LogP contribution >= 0.6 is 0 Å². The molecule has 16 rings (SSSR count). The molecule has 2 heterocycles. The van der Waals surface area contributed by atoms with Crippen molar-refractivity contribution in [2.24, 2.45) is 81.8 Å². The molecule has 0 aromatic carbocycles. The first-order chi connectivity index (χ1) is 41.6. The van der Waals surface area contributed by atoms with Gasteiger partial charge in [0.1, 0.15) is 29.0 Å². The second-order valence-electron chi connectivity index (χ2n) is 30.9. The minimum Gasteiger partial charge on any atom is -0.463 e. The molecule has 89 heavy (non-hydrogen) atoms. The molecule has 18 heteroatoms. The third-order valence-electron chi connectivity index (χ3n) is 23.8. The van der Waals surface area contributed by atoms with Gasteiger partial charge in [0.05, 0.1) is 11.9 Å². The Labute approximate surface area is 529 Å². The monoisotopic (exact) mass is 1260 g/mol. The fraction of sp³-hybridized carbons (Fsp3) is 0.761. The smallest absolute Gasteiger partial charge is 0.347 e. The largest absolute Gasteiger partial charge is 0.463 e. The van der Waals surface area contributed by atoms with Crippen LogP contribution in [0.1, 0.15) is 204 Å². The number of cyclic esters (lactones) is 1. The van der Waals surface area contributed by atoms with Gasteiger partial charge in [-0.05, 0) is 250 Å². The maximum atomic E-state index is 12.1. The van der Waals surface area contributed by atoms with Crippen molar-refractivity contribution < 1.29 is 79.3 Å². The van der Waals surface area contributed by atoms with E-state index in [1.54, 1.807) is 20.8 Å². The van der Waals surface area contributed by atoms with Crippen LogP contribution in [0.25, 0.3) is 0 Å². The normalized spacial score (nSPS) is 38.8. The van der Waals surface area contributed by atoms with Gasteiger partial charge in [0.15, 0.2) is 6.61 Å². The van der Waals surface area contributed by atoms with Crippen molar-refractivity contribution >= 4 is 51.9 Å². The maximum Gasteiger partial charge on any atom is 0.347 e. The molecule has 0 aromatic heterocycles. The van der Waals surface area contributed by atoms with Gasteiger partial charge in [0, 0.05) is 57.0 Å². The zero-order valence-electron chi connectivity index (χ0n) is 54.9. The number of fused-ring (bicyclic) bond motifs is 1. The molecule has 0 aromatic rings. The van der Waals surface area contributed by atoms with Crippen LogP contribution in [0, 0.1) is 81.8 Å². The molecule has 14 bridgehead atoms. The minimum atomic E-state index is -3.53. The van der Waals surface area contributed by atoms with Crippen LogP contribution in [-0.2, 0) is 81.0 Å². The Balaban J connectivity index is 0.000000134. The van der Waals surface area contributed by atoms with E-state index in [2.05, 4.69) is 72.3 Å². The van der Waals surface area contributed by atoms with E-state index in [1.165, 1.54) is 123 Å². The van der Waals surface area contributed by atoms with Crippen molar-refractivity contribution in [1.29, 1.82) is 0 Å². The van der Waals surface area contributed by atoms with Gasteiger partial charge >= 0.3 is 41.8 Å². The molecule has 14 aliphatic carbocycles. The number of carbonyl (C=O) groups excluding carboxylic acids is 7. The van der Waals surface area contributed by atoms with E-state index in [-0.39, 0.29) is 68.5 Å². The van der Waals surface area contributed by atoms with Crippen molar-refractivity contribution in [3.05, 3.63) is 60.8 Å². The second-order valence-corrected chi connectivity index (χ2v) is 32.7. The summed E-state index contributed by atoms with van der Waals surface area (Å²) < 4.78 is 65.6. The topological polar surface area (TPSA) is 227 Å². The highest BCUT2D eigenvalue weighted by atomic mass is 32.2. The molecule has 14 saturated carbocycles. The van der Waals surface area contributed by atoms with Gasteiger partial charge < -0.3 is 33.2 Å². The van der Waals surface area contributed by atoms with Crippen LogP contribution in [0.4, 0.5) is 0 Å². The number of hydrogen-bond donors (Lipinski definition) is 0. The van der Waals surface area contributed by atoms with Gasteiger partial charge in [-0.1, -0.05) is 39.8 Å². The number of hydrogen-bond acceptors (Lipinski definition) is 17. The van der Waals surface area contributed by atoms with Crippen LogP contribution in [0.2, 0.25) is 0 Å². The average molecular weight is 1260 g/mol.